The van der Waals surface area contributed by atoms with Crippen LogP contribution < -0.4 is 16.4 Å². The Labute approximate surface area is 102 Å². The fourth-order valence-electron chi connectivity index (χ4n) is 1.09. The topological polar surface area (TPSA) is 117 Å². The molecule has 2 amide bonds. The Bertz CT molecular complexity index is 438. The van der Waals surface area contributed by atoms with Gasteiger partial charge in [-0.2, -0.15) is 0 Å². The van der Waals surface area contributed by atoms with E-state index in [4.69, 9.17) is 22.4 Å². The lowest BCUT2D eigenvalue weighted by Gasteiger charge is -2.07. The number of pyridine rings is 1. The van der Waals surface area contributed by atoms with Crippen molar-refractivity contribution in [1.82, 2.24) is 10.3 Å². The molecule has 0 bridgehead atoms. The number of primary amides is 1. The minimum absolute atomic E-state index is 0.0374. The van der Waals surface area contributed by atoms with Crippen LogP contribution in [0.25, 0.3) is 0 Å². The third kappa shape index (κ3) is 4.56. The van der Waals surface area contributed by atoms with Crippen molar-refractivity contribution in [2.75, 3.05) is 18.4 Å². The highest BCUT2D eigenvalue weighted by Crippen LogP contribution is 2.14. The number of carbonyl (C=O) groups is 2. The molecule has 0 aliphatic carbocycles. The number of carboxylic acid groups (broad SMARTS) is 1. The van der Waals surface area contributed by atoms with E-state index in [1.54, 1.807) is 0 Å². The first-order valence-corrected chi connectivity index (χ1v) is 5.05. The maximum atomic E-state index is 10.7. The largest absolute Gasteiger partial charge is 0.478 e. The molecule has 92 valence electrons. The number of aromatic carboxylic acids is 1. The molecule has 0 aliphatic rings. The van der Waals surface area contributed by atoms with Gasteiger partial charge >= 0.3 is 12.0 Å². The molecule has 0 atom stereocenters. The summed E-state index contributed by atoms with van der Waals surface area (Å²) in [7, 11) is 0. The third-order valence-electron chi connectivity index (χ3n) is 1.77. The standard InChI is InChI=1S/C9H11ClN4O3/c10-6-3-5(8(15)16)4-7(14-6)12-1-2-13-9(11)17/h3-4H,1-2H2,(H,12,14)(H,15,16)(H3,11,13,17). The molecule has 5 N–H and O–H groups in total. The van der Waals surface area contributed by atoms with Crippen LogP contribution in [0.4, 0.5) is 10.6 Å². The van der Waals surface area contributed by atoms with E-state index in [0.717, 1.165) is 0 Å². The maximum Gasteiger partial charge on any atom is 0.335 e. The summed E-state index contributed by atoms with van der Waals surface area (Å²) < 4.78 is 0. The van der Waals surface area contributed by atoms with Gasteiger partial charge in [0.15, 0.2) is 0 Å². The Morgan fingerprint density at radius 2 is 2.12 bits per heavy atom. The smallest absolute Gasteiger partial charge is 0.335 e. The van der Waals surface area contributed by atoms with Crippen molar-refractivity contribution in [2.24, 2.45) is 5.73 Å². The number of anilines is 1. The average Bonchev–Trinajstić information content (AvgIpc) is 2.23. The van der Waals surface area contributed by atoms with Gasteiger partial charge in [-0.3, -0.25) is 0 Å². The second kappa shape index (κ2) is 5.90. The molecule has 1 aromatic rings. The predicted octanol–water partition coefficient (Wildman–Crippen LogP) is 0.513. The molecule has 17 heavy (non-hydrogen) atoms. The van der Waals surface area contributed by atoms with Crippen molar-refractivity contribution in [3.63, 3.8) is 0 Å². The molecule has 0 aliphatic heterocycles. The minimum atomic E-state index is -1.09. The van der Waals surface area contributed by atoms with Gasteiger partial charge in [0.2, 0.25) is 0 Å². The summed E-state index contributed by atoms with van der Waals surface area (Å²) in [6.07, 6.45) is 0. The quantitative estimate of drug-likeness (QED) is 0.453. The molecule has 1 heterocycles. The van der Waals surface area contributed by atoms with Crippen LogP contribution in [0.15, 0.2) is 12.1 Å². The number of nitrogens with one attached hydrogen (secondary N) is 2. The number of nitrogens with two attached hydrogens (primary N) is 1. The number of aromatic nitrogens is 1. The fraction of sp³-hybridized carbons (Fsp3) is 0.222. The summed E-state index contributed by atoms with van der Waals surface area (Å²) >= 11 is 5.65. The van der Waals surface area contributed by atoms with E-state index >= 15 is 0 Å². The van der Waals surface area contributed by atoms with Crippen LogP contribution in [0, 0.1) is 0 Å². The molecule has 0 radical (unpaired) electrons. The van der Waals surface area contributed by atoms with Gasteiger partial charge in [0, 0.05) is 13.1 Å². The zero-order valence-electron chi connectivity index (χ0n) is 8.74. The van der Waals surface area contributed by atoms with Gasteiger partial charge in [0.05, 0.1) is 5.56 Å². The third-order valence-corrected chi connectivity index (χ3v) is 1.97. The van der Waals surface area contributed by atoms with E-state index in [1.165, 1.54) is 12.1 Å². The highest BCUT2D eigenvalue weighted by Gasteiger charge is 2.07. The van der Waals surface area contributed by atoms with Gasteiger partial charge in [-0.25, -0.2) is 14.6 Å². The first-order chi connectivity index (χ1) is 7.99. The minimum Gasteiger partial charge on any atom is -0.478 e. The fourth-order valence-corrected chi connectivity index (χ4v) is 1.30. The highest BCUT2D eigenvalue weighted by atomic mass is 35.5. The van der Waals surface area contributed by atoms with E-state index < -0.39 is 12.0 Å². The Balaban J connectivity index is 2.59. The molecule has 0 unspecified atom stereocenters. The summed E-state index contributed by atoms with van der Waals surface area (Å²) in [4.78, 5) is 25.0. The van der Waals surface area contributed by atoms with Crippen molar-refractivity contribution in [3.05, 3.63) is 22.8 Å². The molecule has 0 saturated carbocycles. The number of carbonyl (C=O) groups excluding carboxylic acids is 1. The van der Waals surface area contributed by atoms with Gasteiger partial charge in [0.25, 0.3) is 0 Å². The van der Waals surface area contributed by atoms with Crippen LogP contribution in [0.3, 0.4) is 0 Å². The number of nitrogens with zero attached hydrogens (tertiary/aromatic N) is 1. The van der Waals surface area contributed by atoms with E-state index in [1.807, 2.05) is 0 Å². The molecule has 1 rings (SSSR count). The summed E-state index contributed by atoms with van der Waals surface area (Å²) in [5.74, 6) is -0.770. The molecule has 0 aromatic carbocycles. The van der Waals surface area contributed by atoms with Crippen molar-refractivity contribution in [2.45, 2.75) is 0 Å². The van der Waals surface area contributed by atoms with Crippen LogP contribution in [0.2, 0.25) is 5.15 Å². The van der Waals surface area contributed by atoms with E-state index in [0.29, 0.717) is 18.9 Å². The SMILES string of the molecule is NC(=O)NCCNc1cc(C(=O)O)cc(Cl)n1. The number of urea groups is 1. The Hall–Kier alpha value is -2.02. The number of carboxylic acids is 1. The van der Waals surface area contributed by atoms with Gasteiger partial charge in [0.1, 0.15) is 11.0 Å². The van der Waals surface area contributed by atoms with E-state index in [9.17, 15) is 9.59 Å². The number of hydrogen-bond donors (Lipinski definition) is 4. The Kier molecular flexibility index (Phi) is 4.53. The second-order valence-electron chi connectivity index (χ2n) is 3.09. The normalized spacial score (nSPS) is 9.71. The van der Waals surface area contributed by atoms with E-state index in [-0.39, 0.29) is 10.7 Å². The number of hydrogen-bond acceptors (Lipinski definition) is 4. The monoisotopic (exact) mass is 258 g/mol. The summed E-state index contributed by atoms with van der Waals surface area (Å²) in [6.45, 7) is 0.654. The lowest BCUT2D eigenvalue weighted by Crippen LogP contribution is -2.33. The maximum absolute atomic E-state index is 10.7. The summed E-state index contributed by atoms with van der Waals surface area (Å²) in [5, 5.41) is 14.0. The van der Waals surface area contributed by atoms with Crippen LogP contribution in [-0.4, -0.2) is 35.2 Å². The van der Waals surface area contributed by atoms with Crippen LogP contribution in [-0.2, 0) is 0 Å². The van der Waals surface area contributed by atoms with Crippen LogP contribution in [0.1, 0.15) is 10.4 Å². The second-order valence-corrected chi connectivity index (χ2v) is 3.47. The zero-order valence-corrected chi connectivity index (χ0v) is 9.49. The average molecular weight is 259 g/mol. The first-order valence-electron chi connectivity index (χ1n) is 4.67. The Morgan fingerprint density at radius 3 is 2.71 bits per heavy atom. The lowest BCUT2D eigenvalue weighted by molar-refractivity contribution is 0.0697. The molecule has 0 fully saturated rings. The number of rotatable bonds is 5. The van der Waals surface area contributed by atoms with Crippen molar-refractivity contribution in [3.8, 4) is 0 Å². The van der Waals surface area contributed by atoms with Gasteiger partial charge < -0.3 is 21.5 Å². The van der Waals surface area contributed by atoms with Crippen molar-refractivity contribution < 1.29 is 14.7 Å². The van der Waals surface area contributed by atoms with Gasteiger partial charge in [-0.15, -0.1) is 0 Å². The highest BCUT2D eigenvalue weighted by molar-refractivity contribution is 6.29. The van der Waals surface area contributed by atoms with Gasteiger partial charge in [-0.05, 0) is 12.1 Å². The van der Waals surface area contributed by atoms with E-state index in [2.05, 4.69) is 15.6 Å². The summed E-state index contributed by atoms with van der Waals surface area (Å²) in [6, 6.07) is 1.96. The molecule has 0 spiro atoms. The lowest BCUT2D eigenvalue weighted by atomic mass is 10.2. The summed E-state index contributed by atoms with van der Waals surface area (Å²) in [5.41, 5.74) is 4.90. The molecule has 1 aromatic heterocycles. The molecule has 7 nitrogen and oxygen atoms in total. The van der Waals surface area contributed by atoms with Crippen molar-refractivity contribution >= 4 is 29.4 Å². The number of halogens is 1. The Morgan fingerprint density at radius 1 is 1.41 bits per heavy atom. The predicted molar refractivity (Wildman–Crippen MR) is 62.3 cm³/mol. The first kappa shape index (κ1) is 13.0. The van der Waals surface area contributed by atoms with Crippen molar-refractivity contribution in [1.29, 1.82) is 0 Å². The van der Waals surface area contributed by atoms with Crippen LogP contribution in [0.5, 0.6) is 0 Å². The van der Waals surface area contributed by atoms with Crippen LogP contribution >= 0.6 is 11.6 Å². The molecular formula is C9H11ClN4O3. The number of amides is 2. The molecular weight excluding hydrogens is 248 g/mol. The van der Waals surface area contributed by atoms with Gasteiger partial charge in [-0.1, -0.05) is 11.6 Å². The zero-order chi connectivity index (χ0) is 12.8. The molecule has 0 saturated heterocycles. The molecule has 8 heteroatoms.